The number of hydrogen-bond acceptors (Lipinski definition) is 4. The number of carbonyl (C=O) groups excluding carboxylic acids is 2. The van der Waals surface area contributed by atoms with Gasteiger partial charge in [-0.25, -0.2) is 4.79 Å². The van der Waals surface area contributed by atoms with Gasteiger partial charge in [0.25, 0.3) is 0 Å². The molecule has 150 valence electrons. The molecule has 7 heteroatoms. The third-order valence-corrected chi connectivity index (χ3v) is 4.26. The molecule has 2 rings (SSSR count). The molecule has 0 aromatic heterocycles. The molecule has 0 atom stereocenters. The van der Waals surface area contributed by atoms with Crippen molar-refractivity contribution >= 4 is 17.6 Å². The summed E-state index contributed by atoms with van der Waals surface area (Å²) >= 11 is 0. The molecular formula is C21H27N3O4. The van der Waals surface area contributed by atoms with Crippen molar-refractivity contribution in [2.75, 3.05) is 26.1 Å². The lowest BCUT2D eigenvalue weighted by Gasteiger charge is -2.12. The Hall–Kier alpha value is -3.22. The van der Waals surface area contributed by atoms with Crippen LogP contribution >= 0.6 is 0 Å². The second-order valence-corrected chi connectivity index (χ2v) is 6.29. The minimum absolute atomic E-state index is 0.0475. The van der Waals surface area contributed by atoms with E-state index in [4.69, 9.17) is 15.2 Å². The average molecular weight is 385 g/mol. The third-order valence-electron chi connectivity index (χ3n) is 4.26. The lowest BCUT2D eigenvalue weighted by atomic mass is 10.0. The van der Waals surface area contributed by atoms with Gasteiger partial charge in [0.15, 0.2) is 0 Å². The maximum atomic E-state index is 12.2. The van der Waals surface area contributed by atoms with Crippen LogP contribution < -0.4 is 25.8 Å². The van der Waals surface area contributed by atoms with E-state index in [1.54, 1.807) is 14.2 Å². The van der Waals surface area contributed by atoms with Crippen molar-refractivity contribution in [3.8, 4) is 22.6 Å². The lowest BCUT2D eigenvalue weighted by Crippen LogP contribution is -2.29. The van der Waals surface area contributed by atoms with E-state index in [9.17, 15) is 9.59 Å². The van der Waals surface area contributed by atoms with Crippen LogP contribution in [0.3, 0.4) is 0 Å². The Morgan fingerprint density at radius 2 is 1.71 bits per heavy atom. The quantitative estimate of drug-likeness (QED) is 0.544. The van der Waals surface area contributed by atoms with Gasteiger partial charge in [0, 0.05) is 24.2 Å². The van der Waals surface area contributed by atoms with Crippen LogP contribution in [-0.4, -0.2) is 32.7 Å². The van der Waals surface area contributed by atoms with Crippen LogP contribution in [0.1, 0.15) is 25.7 Å². The molecule has 4 N–H and O–H groups in total. The zero-order valence-corrected chi connectivity index (χ0v) is 16.3. The van der Waals surface area contributed by atoms with E-state index in [0.29, 0.717) is 18.7 Å². The Morgan fingerprint density at radius 3 is 2.36 bits per heavy atom. The fourth-order valence-corrected chi connectivity index (χ4v) is 2.80. The van der Waals surface area contributed by atoms with Crippen LogP contribution in [0, 0.1) is 0 Å². The Labute approximate surface area is 165 Å². The van der Waals surface area contributed by atoms with E-state index in [1.807, 2.05) is 42.5 Å². The predicted octanol–water partition coefficient (Wildman–Crippen LogP) is 3.54. The number of amides is 3. The van der Waals surface area contributed by atoms with Crippen molar-refractivity contribution in [3.05, 3.63) is 42.5 Å². The Morgan fingerprint density at radius 1 is 0.964 bits per heavy atom. The van der Waals surface area contributed by atoms with Crippen molar-refractivity contribution in [1.82, 2.24) is 5.32 Å². The number of hydrogen-bond donors (Lipinski definition) is 3. The number of rotatable bonds is 10. The molecule has 0 radical (unpaired) electrons. The molecule has 7 nitrogen and oxygen atoms in total. The van der Waals surface area contributed by atoms with Crippen LogP contribution in [0.25, 0.3) is 11.1 Å². The number of ether oxygens (including phenoxy) is 2. The van der Waals surface area contributed by atoms with Gasteiger partial charge in [-0.3, -0.25) is 4.79 Å². The summed E-state index contributed by atoms with van der Waals surface area (Å²) in [4.78, 5) is 22.8. The van der Waals surface area contributed by atoms with Crippen molar-refractivity contribution in [3.63, 3.8) is 0 Å². The van der Waals surface area contributed by atoms with Gasteiger partial charge in [-0.15, -0.1) is 0 Å². The van der Waals surface area contributed by atoms with E-state index in [1.165, 1.54) is 0 Å². The Kier molecular flexibility index (Phi) is 8.14. The molecule has 0 aliphatic rings. The first-order valence-electron chi connectivity index (χ1n) is 9.19. The van der Waals surface area contributed by atoms with Gasteiger partial charge in [-0.05, 0) is 48.7 Å². The minimum Gasteiger partial charge on any atom is -0.497 e. The molecule has 0 unspecified atom stereocenters. The highest BCUT2D eigenvalue weighted by Crippen LogP contribution is 2.33. The van der Waals surface area contributed by atoms with Gasteiger partial charge in [-0.2, -0.15) is 0 Å². The second kappa shape index (κ2) is 10.8. The summed E-state index contributed by atoms with van der Waals surface area (Å²) in [7, 11) is 3.24. The maximum Gasteiger partial charge on any atom is 0.312 e. The number of primary amides is 1. The number of unbranched alkanes of at least 4 members (excludes halogenated alkanes) is 2. The molecule has 2 aromatic carbocycles. The van der Waals surface area contributed by atoms with Gasteiger partial charge in [-0.1, -0.05) is 18.6 Å². The first-order valence-corrected chi connectivity index (χ1v) is 9.19. The highest BCUT2D eigenvalue weighted by Gasteiger charge is 2.09. The molecule has 0 spiro atoms. The number of benzene rings is 2. The standard InChI is InChI=1S/C21H27N3O4/c1-27-17-10-7-15(8-11-17)18-14-16(9-12-19(18)28-2)24-20(25)6-4-3-5-13-23-21(22)26/h7-12,14H,3-6,13H2,1-2H3,(H,24,25)(H3,22,23,26). The molecular weight excluding hydrogens is 358 g/mol. The summed E-state index contributed by atoms with van der Waals surface area (Å²) in [6.07, 6.45) is 2.79. The summed E-state index contributed by atoms with van der Waals surface area (Å²) in [6, 6.07) is 12.7. The number of carbonyl (C=O) groups is 2. The fraction of sp³-hybridized carbons (Fsp3) is 0.333. The zero-order chi connectivity index (χ0) is 20.4. The summed E-state index contributed by atoms with van der Waals surface area (Å²) in [5, 5.41) is 5.46. The monoisotopic (exact) mass is 385 g/mol. The van der Waals surface area contributed by atoms with Gasteiger partial charge < -0.3 is 25.8 Å². The second-order valence-electron chi connectivity index (χ2n) is 6.29. The van der Waals surface area contributed by atoms with Crippen LogP contribution in [-0.2, 0) is 4.79 Å². The smallest absolute Gasteiger partial charge is 0.312 e. The lowest BCUT2D eigenvalue weighted by molar-refractivity contribution is -0.116. The third kappa shape index (κ3) is 6.50. The number of methoxy groups -OCH3 is 2. The molecule has 0 aliphatic heterocycles. The number of nitrogens with two attached hydrogens (primary N) is 1. The van der Waals surface area contributed by atoms with E-state index >= 15 is 0 Å². The summed E-state index contributed by atoms with van der Waals surface area (Å²) in [6.45, 7) is 0.528. The molecule has 0 aliphatic carbocycles. The highest BCUT2D eigenvalue weighted by atomic mass is 16.5. The topological polar surface area (TPSA) is 103 Å². The minimum atomic E-state index is -0.523. The average Bonchev–Trinajstić information content (AvgIpc) is 2.70. The Balaban J connectivity index is 1.94. The zero-order valence-electron chi connectivity index (χ0n) is 16.3. The molecule has 2 aromatic rings. The van der Waals surface area contributed by atoms with Crippen molar-refractivity contribution < 1.29 is 19.1 Å². The molecule has 0 saturated heterocycles. The number of nitrogens with one attached hydrogen (secondary N) is 2. The van der Waals surface area contributed by atoms with Crippen molar-refractivity contribution in [2.24, 2.45) is 5.73 Å². The van der Waals surface area contributed by atoms with Crippen LogP contribution in [0.15, 0.2) is 42.5 Å². The Bertz CT molecular complexity index is 791. The van der Waals surface area contributed by atoms with Crippen LogP contribution in [0.5, 0.6) is 11.5 Å². The summed E-state index contributed by atoms with van der Waals surface area (Å²) < 4.78 is 10.6. The first kappa shape index (κ1) is 21.1. The van der Waals surface area contributed by atoms with Crippen molar-refractivity contribution in [1.29, 1.82) is 0 Å². The van der Waals surface area contributed by atoms with Crippen LogP contribution in [0.2, 0.25) is 0 Å². The summed E-state index contributed by atoms with van der Waals surface area (Å²) in [5.74, 6) is 1.46. The van der Waals surface area contributed by atoms with Gasteiger partial charge in [0.2, 0.25) is 5.91 Å². The largest absolute Gasteiger partial charge is 0.497 e. The summed E-state index contributed by atoms with van der Waals surface area (Å²) in [5.41, 5.74) is 7.57. The number of urea groups is 1. The van der Waals surface area contributed by atoms with Crippen LogP contribution in [0.4, 0.5) is 10.5 Å². The molecule has 28 heavy (non-hydrogen) atoms. The molecule has 0 fully saturated rings. The number of anilines is 1. The molecule has 0 bridgehead atoms. The molecule has 0 heterocycles. The molecule has 3 amide bonds. The van der Waals surface area contributed by atoms with Gasteiger partial charge in [0.05, 0.1) is 14.2 Å². The fourth-order valence-electron chi connectivity index (χ4n) is 2.80. The first-order chi connectivity index (χ1) is 13.5. The maximum absolute atomic E-state index is 12.2. The predicted molar refractivity (Wildman–Crippen MR) is 110 cm³/mol. The SMILES string of the molecule is COc1ccc(-c2cc(NC(=O)CCCCCNC(N)=O)ccc2OC)cc1. The van der Waals surface area contributed by atoms with Gasteiger partial charge in [0.1, 0.15) is 11.5 Å². The van der Waals surface area contributed by atoms with E-state index in [-0.39, 0.29) is 5.91 Å². The normalized spacial score (nSPS) is 10.2. The van der Waals surface area contributed by atoms with Gasteiger partial charge >= 0.3 is 6.03 Å². The van der Waals surface area contributed by atoms with E-state index in [0.717, 1.165) is 41.9 Å². The highest BCUT2D eigenvalue weighted by molar-refractivity contribution is 5.92. The van der Waals surface area contributed by atoms with E-state index in [2.05, 4.69) is 10.6 Å². The molecule has 0 saturated carbocycles. The van der Waals surface area contributed by atoms with Crippen molar-refractivity contribution in [2.45, 2.75) is 25.7 Å². The van der Waals surface area contributed by atoms with E-state index < -0.39 is 6.03 Å².